The SMILES string of the molecule is CCN(CC)OS(=O)(=O)c1cc(O)c(S(=O)(=O)ON(CC)CC)cc1O. The van der Waals surface area contributed by atoms with Gasteiger partial charge in [-0.25, -0.2) is 0 Å². The van der Waals surface area contributed by atoms with E-state index < -0.39 is 41.5 Å². The third kappa shape index (κ3) is 5.28. The number of phenols is 2. The van der Waals surface area contributed by atoms with Gasteiger partial charge < -0.3 is 10.2 Å². The quantitative estimate of drug-likeness (QED) is 0.424. The molecule has 1 rings (SSSR count). The van der Waals surface area contributed by atoms with Gasteiger partial charge in [0.25, 0.3) is 0 Å². The van der Waals surface area contributed by atoms with Gasteiger partial charge in [0.1, 0.15) is 21.3 Å². The second-order valence-corrected chi connectivity index (χ2v) is 8.07. The molecule has 0 fully saturated rings. The maximum Gasteiger partial charge on any atom is 0.316 e. The van der Waals surface area contributed by atoms with Crippen molar-refractivity contribution in [2.24, 2.45) is 0 Å². The predicted octanol–water partition coefficient (Wildman–Crippen LogP) is 1.02. The van der Waals surface area contributed by atoms with Crippen LogP contribution in [0.15, 0.2) is 21.9 Å². The predicted molar refractivity (Wildman–Crippen MR) is 92.2 cm³/mol. The van der Waals surface area contributed by atoms with Crippen LogP contribution in [0.25, 0.3) is 0 Å². The van der Waals surface area contributed by atoms with Crippen molar-refractivity contribution in [3.63, 3.8) is 0 Å². The van der Waals surface area contributed by atoms with Crippen molar-refractivity contribution < 1.29 is 35.6 Å². The molecular weight excluding hydrogens is 388 g/mol. The van der Waals surface area contributed by atoms with Crippen LogP contribution >= 0.6 is 0 Å². The van der Waals surface area contributed by atoms with Crippen molar-refractivity contribution >= 4 is 20.2 Å². The Morgan fingerprint density at radius 2 is 1.00 bits per heavy atom. The lowest BCUT2D eigenvalue weighted by Crippen LogP contribution is -2.28. The minimum absolute atomic E-state index is 0.257. The van der Waals surface area contributed by atoms with Gasteiger partial charge in [0.2, 0.25) is 0 Å². The second-order valence-electron chi connectivity index (χ2n) is 5.07. The van der Waals surface area contributed by atoms with Gasteiger partial charge in [-0.1, -0.05) is 27.7 Å². The average molecular weight is 412 g/mol. The first-order valence-electron chi connectivity index (χ1n) is 7.97. The Labute approximate surface area is 153 Å². The molecular formula is C14H24N2O8S2. The van der Waals surface area contributed by atoms with E-state index in [1.54, 1.807) is 27.7 Å². The van der Waals surface area contributed by atoms with Crippen molar-refractivity contribution in [1.82, 2.24) is 10.1 Å². The van der Waals surface area contributed by atoms with Crippen LogP contribution in [0.5, 0.6) is 11.5 Å². The summed E-state index contributed by atoms with van der Waals surface area (Å²) in [6, 6.07) is 1.21. The lowest BCUT2D eigenvalue weighted by Gasteiger charge is -2.19. The van der Waals surface area contributed by atoms with Gasteiger partial charge in [-0.3, -0.25) is 0 Å². The third-order valence-electron chi connectivity index (χ3n) is 3.40. The van der Waals surface area contributed by atoms with Crippen LogP contribution in [0, 0.1) is 0 Å². The summed E-state index contributed by atoms with van der Waals surface area (Å²) in [5, 5.41) is 22.2. The molecule has 2 N–H and O–H groups in total. The Balaban J connectivity index is 3.31. The van der Waals surface area contributed by atoms with Crippen molar-refractivity contribution in [2.75, 3.05) is 26.2 Å². The first kappa shape index (κ1) is 22.6. The summed E-state index contributed by atoms with van der Waals surface area (Å²) in [7, 11) is -8.92. The molecule has 0 aliphatic rings. The van der Waals surface area contributed by atoms with Gasteiger partial charge in [-0.2, -0.15) is 35.5 Å². The molecule has 1 aromatic rings. The highest BCUT2D eigenvalue weighted by atomic mass is 32.2. The largest absolute Gasteiger partial charge is 0.506 e. The van der Waals surface area contributed by atoms with Gasteiger partial charge in [-0.05, 0) is 0 Å². The van der Waals surface area contributed by atoms with Gasteiger partial charge in [-0.15, -0.1) is 0 Å². The Bertz CT molecular complexity index is 746. The fraction of sp³-hybridized carbons (Fsp3) is 0.571. The molecule has 26 heavy (non-hydrogen) atoms. The highest BCUT2D eigenvalue weighted by Gasteiger charge is 2.30. The third-order valence-corrected chi connectivity index (χ3v) is 5.94. The van der Waals surface area contributed by atoms with Gasteiger partial charge in [0.05, 0.1) is 0 Å². The van der Waals surface area contributed by atoms with Crippen LogP contribution in [0.2, 0.25) is 0 Å². The molecule has 0 saturated heterocycles. The number of nitrogens with zero attached hydrogens (tertiary/aromatic N) is 2. The normalized spacial score (nSPS) is 12.8. The van der Waals surface area contributed by atoms with E-state index in [1.165, 1.54) is 0 Å². The minimum atomic E-state index is -4.46. The lowest BCUT2D eigenvalue weighted by atomic mass is 10.3. The number of benzene rings is 1. The molecule has 0 radical (unpaired) electrons. The summed E-state index contributed by atoms with van der Waals surface area (Å²) in [6.07, 6.45) is 0. The summed E-state index contributed by atoms with van der Waals surface area (Å²) >= 11 is 0. The smallest absolute Gasteiger partial charge is 0.316 e. The molecule has 1 aromatic carbocycles. The first-order chi connectivity index (χ1) is 12.0. The Hall–Kier alpha value is -1.44. The van der Waals surface area contributed by atoms with E-state index in [9.17, 15) is 27.0 Å². The highest BCUT2D eigenvalue weighted by Crippen LogP contribution is 2.35. The van der Waals surface area contributed by atoms with Crippen molar-refractivity contribution in [2.45, 2.75) is 37.5 Å². The fourth-order valence-electron chi connectivity index (χ4n) is 1.95. The van der Waals surface area contributed by atoms with Crippen molar-refractivity contribution in [1.29, 1.82) is 0 Å². The molecule has 12 heteroatoms. The topological polar surface area (TPSA) is 134 Å². The molecule has 0 unspecified atom stereocenters. The van der Waals surface area contributed by atoms with Crippen LogP contribution in [0.4, 0.5) is 0 Å². The number of hydrogen-bond donors (Lipinski definition) is 2. The molecule has 150 valence electrons. The maximum atomic E-state index is 12.2. The molecule has 0 aliphatic carbocycles. The Kier molecular flexibility index (Phi) is 7.80. The Morgan fingerprint density at radius 1 is 0.731 bits per heavy atom. The summed E-state index contributed by atoms with van der Waals surface area (Å²) in [5.41, 5.74) is 0. The molecule has 0 spiro atoms. The summed E-state index contributed by atoms with van der Waals surface area (Å²) < 4.78 is 58.6. The molecule has 0 heterocycles. The lowest BCUT2D eigenvalue weighted by molar-refractivity contribution is -0.0420. The zero-order valence-electron chi connectivity index (χ0n) is 15.0. The van der Waals surface area contributed by atoms with Crippen LogP contribution < -0.4 is 0 Å². The number of aromatic hydroxyl groups is 2. The number of hydroxylamine groups is 4. The fourth-order valence-corrected chi connectivity index (χ4v) is 4.23. The molecule has 0 amide bonds. The van der Waals surface area contributed by atoms with Crippen molar-refractivity contribution in [3.8, 4) is 11.5 Å². The van der Waals surface area contributed by atoms with E-state index in [1.807, 2.05) is 0 Å². The molecule has 0 saturated carbocycles. The minimum Gasteiger partial charge on any atom is -0.506 e. The Morgan fingerprint density at radius 3 is 1.23 bits per heavy atom. The van der Waals surface area contributed by atoms with Crippen LogP contribution in [-0.4, -0.2) is 63.4 Å². The number of rotatable bonds is 10. The molecule has 0 aromatic heterocycles. The van der Waals surface area contributed by atoms with E-state index >= 15 is 0 Å². The van der Waals surface area contributed by atoms with E-state index in [0.29, 0.717) is 12.1 Å². The van der Waals surface area contributed by atoms with E-state index in [0.717, 1.165) is 10.1 Å². The summed E-state index contributed by atoms with van der Waals surface area (Å²) in [6.45, 7) is 7.68. The van der Waals surface area contributed by atoms with Gasteiger partial charge >= 0.3 is 20.2 Å². The zero-order valence-corrected chi connectivity index (χ0v) is 16.7. The molecule has 0 aliphatic heterocycles. The van der Waals surface area contributed by atoms with Gasteiger partial charge in [0.15, 0.2) is 0 Å². The summed E-state index contributed by atoms with van der Waals surface area (Å²) in [5.74, 6) is -1.78. The first-order valence-corrected chi connectivity index (χ1v) is 10.8. The monoisotopic (exact) mass is 412 g/mol. The molecule has 0 bridgehead atoms. The summed E-state index contributed by atoms with van der Waals surface area (Å²) in [4.78, 5) is -1.52. The van der Waals surface area contributed by atoms with Gasteiger partial charge in [0, 0.05) is 38.3 Å². The van der Waals surface area contributed by atoms with Crippen LogP contribution in [-0.2, 0) is 28.8 Å². The highest BCUT2D eigenvalue weighted by molar-refractivity contribution is 7.87. The van der Waals surface area contributed by atoms with Crippen LogP contribution in [0.3, 0.4) is 0 Å². The molecule has 0 atom stereocenters. The maximum absolute atomic E-state index is 12.2. The second kappa shape index (κ2) is 8.97. The van der Waals surface area contributed by atoms with E-state index in [4.69, 9.17) is 8.57 Å². The van der Waals surface area contributed by atoms with E-state index in [-0.39, 0.29) is 26.2 Å². The average Bonchev–Trinajstić information content (AvgIpc) is 2.58. The van der Waals surface area contributed by atoms with E-state index in [2.05, 4.69) is 0 Å². The number of phenolic OH excluding ortho intramolecular Hbond substituents is 2. The van der Waals surface area contributed by atoms with Crippen molar-refractivity contribution in [3.05, 3.63) is 12.1 Å². The standard InChI is InChI=1S/C14H24N2O8S2/c1-5-15(6-2)23-25(19,20)13-9-12(18)14(10-11(13)17)26(21,22)24-16(7-3)8-4/h9-10,17-18H,5-8H2,1-4H3. The number of hydrogen-bond acceptors (Lipinski definition) is 10. The molecule has 10 nitrogen and oxygen atoms in total. The zero-order chi connectivity index (χ0) is 20.1. The van der Waals surface area contributed by atoms with Crippen LogP contribution in [0.1, 0.15) is 27.7 Å².